The highest BCUT2D eigenvalue weighted by Gasteiger charge is 2.24. The zero-order chi connectivity index (χ0) is 15.2. The second-order valence-electron chi connectivity index (χ2n) is 5.69. The maximum Gasteiger partial charge on any atom is 0.338 e. The van der Waals surface area contributed by atoms with Gasteiger partial charge in [-0.15, -0.1) is 0 Å². The third-order valence-corrected chi connectivity index (χ3v) is 4.06. The van der Waals surface area contributed by atoms with Crippen molar-refractivity contribution in [3.05, 3.63) is 23.8 Å². The van der Waals surface area contributed by atoms with Crippen LogP contribution in [0.15, 0.2) is 18.2 Å². The van der Waals surface area contributed by atoms with E-state index in [1.807, 2.05) is 6.92 Å². The number of benzene rings is 1. The summed E-state index contributed by atoms with van der Waals surface area (Å²) in [6, 6.07) is 5.06. The summed E-state index contributed by atoms with van der Waals surface area (Å²) in [5.74, 6) is 0.987. The number of ether oxygens (including phenoxy) is 2. The summed E-state index contributed by atoms with van der Waals surface area (Å²) in [5.41, 5.74) is 6.80. The molecule has 1 saturated carbocycles. The fourth-order valence-electron chi connectivity index (χ4n) is 2.93. The van der Waals surface area contributed by atoms with Crippen LogP contribution in [0.1, 0.15) is 56.3 Å². The minimum absolute atomic E-state index is 0.0353. The molecule has 2 rings (SSSR count). The van der Waals surface area contributed by atoms with Crippen LogP contribution in [0.25, 0.3) is 0 Å². The second-order valence-corrected chi connectivity index (χ2v) is 5.69. The summed E-state index contributed by atoms with van der Waals surface area (Å²) < 4.78 is 11.1. The Morgan fingerprint density at radius 3 is 2.81 bits per heavy atom. The summed E-state index contributed by atoms with van der Waals surface area (Å²) in [5, 5.41) is 0. The van der Waals surface area contributed by atoms with Crippen molar-refractivity contribution in [2.45, 2.75) is 52.1 Å². The standard InChI is InChI=1S/C17H25NO3/c1-3-12-6-5-7-15(8-12)21-17(19)13-9-14(18)11-16(10-13)20-4-2/h9-12,15H,3-8,18H2,1-2H3. The molecule has 0 aromatic heterocycles. The van der Waals surface area contributed by atoms with Gasteiger partial charge in [-0.05, 0) is 44.2 Å². The van der Waals surface area contributed by atoms with E-state index < -0.39 is 0 Å². The number of carbonyl (C=O) groups is 1. The van der Waals surface area contributed by atoms with Crippen molar-refractivity contribution >= 4 is 11.7 Å². The maximum atomic E-state index is 12.3. The van der Waals surface area contributed by atoms with Gasteiger partial charge in [-0.3, -0.25) is 0 Å². The molecule has 0 amide bonds. The van der Waals surface area contributed by atoms with Gasteiger partial charge in [0.05, 0.1) is 12.2 Å². The van der Waals surface area contributed by atoms with Crippen LogP contribution >= 0.6 is 0 Å². The van der Waals surface area contributed by atoms with Gasteiger partial charge < -0.3 is 15.2 Å². The van der Waals surface area contributed by atoms with E-state index in [4.69, 9.17) is 15.2 Å². The number of esters is 1. The first-order chi connectivity index (χ1) is 10.1. The van der Waals surface area contributed by atoms with Crippen LogP contribution in [0.4, 0.5) is 5.69 Å². The Hall–Kier alpha value is -1.71. The van der Waals surface area contributed by atoms with Crippen LogP contribution in [0.2, 0.25) is 0 Å². The fraction of sp³-hybridized carbons (Fsp3) is 0.588. The normalized spacial score (nSPS) is 21.8. The van der Waals surface area contributed by atoms with E-state index in [1.165, 1.54) is 6.42 Å². The summed E-state index contributed by atoms with van der Waals surface area (Å²) in [6.45, 7) is 4.63. The molecule has 0 radical (unpaired) electrons. The third-order valence-electron chi connectivity index (χ3n) is 4.06. The Morgan fingerprint density at radius 2 is 2.10 bits per heavy atom. The number of hydrogen-bond acceptors (Lipinski definition) is 4. The molecule has 0 aliphatic heterocycles. The zero-order valence-corrected chi connectivity index (χ0v) is 12.9. The lowest BCUT2D eigenvalue weighted by atomic mass is 9.85. The van der Waals surface area contributed by atoms with Crippen LogP contribution in [-0.2, 0) is 4.74 Å². The average Bonchev–Trinajstić information content (AvgIpc) is 2.47. The fourth-order valence-corrected chi connectivity index (χ4v) is 2.93. The molecule has 116 valence electrons. The highest BCUT2D eigenvalue weighted by atomic mass is 16.5. The van der Waals surface area contributed by atoms with Gasteiger partial charge in [0.15, 0.2) is 0 Å². The molecule has 2 N–H and O–H groups in total. The number of nitrogens with two attached hydrogens (primary N) is 1. The molecule has 4 heteroatoms. The Kier molecular flexibility index (Phi) is 5.48. The first-order valence-corrected chi connectivity index (χ1v) is 7.86. The van der Waals surface area contributed by atoms with Crippen LogP contribution in [-0.4, -0.2) is 18.7 Å². The van der Waals surface area contributed by atoms with Crippen molar-refractivity contribution in [2.24, 2.45) is 5.92 Å². The molecule has 1 aromatic rings. The number of nitrogen functional groups attached to an aromatic ring is 1. The molecule has 0 heterocycles. The molecular weight excluding hydrogens is 266 g/mol. The van der Waals surface area contributed by atoms with E-state index in [0.29, 0.717) is 29.5 Å². The van der Waals surface area contributed by atoms with Gasteiger partial charge in [-0.25, -0.2) is 4.79 Å². The number of hydrogen-bond donors (Lipinski definition) is 1. The zero-order valence-electron chi connectivity index (χ0n) is 12.9. The number of anilines is 1. The Labute approximate surface area is 126 Å². The summed E-state index contributed by atoms with van der Waals surface area (Å²) in [6.07, 6.45) is 5.51. The SMILES string of the molecule is CCOc1cc(N)cc(C(=O)OC2CCCC(CC)C2)c1. The molecule has 1 fully saturated rings. The molecule has 1 aliphatic carbocycles. The molecular formula is C17H25NO3. The molecule has 0 bridgehead atoms. The molecule has 2 unspecified atom stereocenters. The maximum absolute atomic E-state index is 12.3. The summed E-state index contributed by atoms with van der Waals surface area (Å²) >= 11 is 0. The number of rotatable bonds is 5. The van der Waals surface area contributed by atoms with Crippen molar-refractivity contribution in [2.75, 3.05) is 12.3 Å². The van der Waals surface area contributed by atoms with Crippen LogP contribution in [0.3, 0.4) is 0 Å². The highest BCUT2D eigenvalue weighted by molar-refractivity contribution is 5.91. The van der Waals surface area contributed by atoms with E-state index in [9.17, 15) is 4.79 Å². The monoisotopic (exact) mass is 291 g/mol. The van der Waals surface area contributed by atoms with E-state index in [-0.39, 0.29) is 12.1 Å². The second kappa shape index (κ2) is 7.34. The lowest BCUT2D eigenvalue weighted by molar-refractivity contribution is 0.0139. The van der Waals surface area contributed by atoms with Gasteiger partial charge in [0.25, 0.3) is 0 Å². The molecule has 0 saturated heterocycles. The predicted molar refractivity (Wildman–Crippen MR) is 83.5 cm³/mol. The first kappa shape index (κ1) is 15.7. The van der Waals surface area contributed by atoms with E-state index in [2.05, 4.69) is 6.92 Å². The summed E-state index contributed by atoms with van der Waals surface area (Å²) in [7, 11) is 0. The Bertz CT molecular complexity index is 487. The largest absolute Gasteiger partial charge is 0.494 e. The van der Waals surface area contributed by atoms with Crippen molar-refractivity contribution in [1.29, 1.82) is 0 Å². The van der Waals surface area contributed by atoms with E-state index in [0.717, 1.165) is 25.7 Å². The third kappa shape index (κ3) is 4.38. The smallest absolute Gasteiger partial charge is 0.338 e. The molecule has 21 heavy (non-hydrogen) atoms. The first-order valence-electron chi connectivity index (χ1n) is 7.86. The summed E-state index contributed by atoms with van der Waals surface area (Å²) in [4.78, 5) is 12.3. The van der Waals surface area contributed by atoms with Gasteiger partial charge in [-0.2, -0.15) is 0 Å². The van der Waals surface area contributed by atoms with Crippen LogP contribution in [0.5, 0.6) is 5.75 Å². The lowest BCUT2D eigenvalue weighted by Crippen LogP contribution is -2.25. The Balaban J connectivity index is 2.02. The van der Waals surface area contributed by atoms with Crippen LogP contribution < -0.4 is 10.5 Å². The Morgan fingerprint density at radius 1 is 1.29 bits per heavy atom. The molecule has 1 aliphatic rings. The van der Waals surface area contributed by atoms with Crippen molar-refractivity contribution in [1.82, 2.24) is 0 Å². The average molecular weight is 291 g/mol. The topological polar surface area (TPSA) is 61.5 Å². The van der Waals surface area contributed by atoms with Crippen LogP contribution in [0, 0.1) is 5.92 Å². The molecule has 4 nitrogen and oxygen atoms in total. The van der Waals surface area contributed by atoms with E-state index in [1.54, 1.807) is 18.2 Å². The van der Waals surface area contributed by atoms with Gasteiger partial charge in [-0.1, -0.05) is 19.8 Å². The molecule has 2 atom stereocenters. The van der Waals surface area contributed by atoms with E-state index >= 15 is 0 Å². The number of carbonyl (C=O) groups excluding carboxylic acids is 1. The quantitative estimate of drug-likeness (QED) is 0.662. The van der Waals surface area contributed by atoms with Gasteiger partial charge in [0, 0.05) is 11.8 Å². The van der Waals surface area contributed by atoms with Gasteiger partial charge >= 0.3 is 5.97 Å². The van der Waals surface area contributed by atoms with Crippen molar-refractivity contribution < 1.29 is 14.3 Å². The predicted octanol–water partition coefficient (Wildman–Crippen LogP) is 3.79. The highest BCUT2D eigenvalue weighted by Crippen LogP contribution is 2.29. The van der Waals surface area contributed by atoms with Crippen molar-refractivity contribution in [3.63, 3.8) is 0 Å². The van der Waals surface area contributed by atoms with Gasteiger partial charge in [0.2, 0.25) is 0 Å². The van der Waals surface area contributed by atoms with Gasteiger partial charge in [0.1, 0.15) is 11.9 Å². The lowest BCUT2D eigenvalue weighted by Gasteiger charge is -2.28. The van der Waals surface area contributed by atoms with Crippen molar-refractivity contribution in [3.8, 4) is 5.75 Å². The minimum Gasteiger partial charge on any atom is -0.494 e. The molecule has 0 spiro atoms. The molecule has 1 aromatic carbocycles. The minimum atomic E-state index is -0.301.